The fourth-order valence-electron chi connectivity index (χ4n) is 4.98. The summed E-state index contributed by atoms with van der Waals surface area (Å²) < 4.78 is 0. The van der Waals surface area contributed by atoms with Crippen LogP contribution >= 0.6 is 0 Å². The van der Waals surface area contributed by atoms with Gasteiger partial charge in [-0.3, -0.25) is 24.1 Å². The highest BCUT2D eigenvalue weighted by Gasteiger charge is 2.48. The number of aromatic amines is 1. The third-order valence-corrected chi connectivity index (χ3v) is 6.68. The topological polar surface area (TPSA) is 90.6 Å². The SMILES string of the molecule is CCC1CCC(=O)N(C)C(=O)C(C2c3[nH]c4ccccc4c3CCN2C(C)=O)C1=O. The van der Waals surface area contributed by atoms with E-state index in [0.29, 0.717) is 25.8 Å². The number of carbonyl (C=O) groups is 4. The van der Waals surface area contributed by atoms with E-state index < -0.39 is 17.9 Å². The maximum absolute atomic E-state index is 13.6. The van der Waals surface area contributed by atoms with E-state index in [1.54, 1.807) is 4.90 Å². The van der Waals surface area contributed by atoms with Crippen LogP contribution in [0.4, 0.5) is 0 Å². The Labute approximate surface area is 175 Å². The van der Waals surface area contributed by atoms with E-state index in [0.717, 1.165) is 27.1 Å². The largest absolute Gasteiger partial charge is 0.356 e. The number of para-hydroxylation sites is 1. The Morgan fingerprint density at radius 1 is 1.17 bits per heavy atom. The molecule has 1 aromatic heterocycles. The van der Waals surface area contributed by atoms with Crippen LogP contribution in [0.3, 0.4) is 0 Å². The Morgan fingerprint density at radius 3 is 2.60 bits per heavy atom. The molecule has 1 N–H and O–H groups in total. The molecule has 7 heteroatoms. The van der Waals surface area contributed by atoms with E-state index >= 15 is 0 Å². The van der Waals surface area contributed by atoms with Crippen LogP contribution in [-0.2, 0) is 25.6 Å². The predicted molar refractivity (Wildman–Crippen MR) is 111 cm³/mol. The van der Waals surface area contributed by atoms with Gasteiger partial charge >= 0.3 is 0 Å². The molecule has 4 rings (SSSR count). The molecule has 30 heavy (non-hydrogen) atoms. The average molecular weight is 409 g/mol. The Morgan fingerprint density at radius 2 is 1.90 bits per heavy atom. The second kappa shape index (κ2) is 7.70. The molecule has 0 spiro atoms. The zero-order chi connectivity index (χ0) is 21.6. The second-order valence-corrected chi connectivity index (χ2v) is 8.28. The summed E-state index contributed by atoms with van der Waals surface area (Å²) in [4.78, 5) is 58.1. The minimum atomic E-state index is -1.10. The summed E-state index contributed by atoms with van der Waals surface area (Å²) >= 11 is 0. The van der Waals surface area contributed by atoms with Gasteiger partial charge in [0, 0.05) is 49.5 Å². The van der Waals surface area contributed by atoms with Gasteiger partial charge < -0.3 is 9.88 Å². The van der Waals surface area contributed by atoms with E-state index in [9.17, 15) is 19.2 Å². The average Bonchev–Trinajstić information content (AvgIpc) is 3.11. The first-order chi connectivity index (χ1) is 14.3. The molecule has 3 amide bonds. The first kappa shape index (κ1) is 20.3. The Kier molecular flexibility index (Phi) is 5.22. The van der Waals surface area contributed by atoms with Crippen molar-refractivity contribution in [2.45, 2.75) is 45.6 Å². The zero-order valence-corrected chi connectivity index (χ0v) is 17.6. The standard InChI is InChI=1S/C23H27N3O4/c1-4-14-9-10-18(28)25(3)23(30)19(22(14)29)21-20-16(11-12-26(21)13(2)27)15-7-5-6-8-17(15)24-20/h5-8,14,19,21,24H,4,9-12H2,1-3H3. The molecule has 3 unspecified atom stereocenters. The number of benzene rings is 1. The molecule has 0 aliphatic carbocycles. The fraction of sp³-hybridized carbons (Fsp3) is 0.478. The first-order valence-corrected chi connectivity index (χ1v) is 10.6. The van der Waals surface area contributed by atoms with Crippen LogP contribution in [-0.4, -0.2) is 51.9 Å². The summed E-state index contributed by atoms with van der Waals surface area (Å²) in [5.41, 5.74) is 2.69. The Balaban J connectivity index is 1.91. The quantitative estimate of drug-likeness (QED) is 0.610. The van der Waals surface area contributed by atoms with Gasteiger partial charge in [-0.1, -0.05) is 25.1 Å². The molecule has 158 valence electrons. The predicted octanol–water partition coefficient (Wildman–Crippen LogP) is 2.60. The number of fused-ring (bicyclic) bond motifs is 3. The van der Waals surface area contributed by atoms with Crippen molar-refractivity contribution in [3.05, 3.63) is 35.5 Å². The van der Waals surface area contributed by atoms with E-state index in [2.05, 4.69) is 4.98 Å². The fourth-order valence-corrected chi connectivity index (χ4v) is 4.98. The van der Waals surface area contributed by atoms with Gasteiger partial charge in [-0.05, 0) is 30.9 Å². The molecule has 2 aliphatic heterocycles. The number of hydrogen-bond acceptors (Lipinski definition) is 4. The summed E-state index contributed by atoms with van der Waals surface area (Å²) in [6.45, 7) is 3.79. The number of amides is 3. The van der Waals surface area contributed by atoms with Crippen LogP contribution in [0.5, 0.6) is 0 Å². The molecule has 0 bridgehead atoms. The first-order valence-electron chi connectivity index (χ1n) is 10.6. The number of H-pyrrole nitrogens is 1. The lowest BCUT2D eigenvalue weighted by atomic mass is 9.78. The number of hydrogen-bond donors (Lipinski definition) is 1. The van der Waals surface area contributed by atoms with Crippen LogP contribution in [0.25, 0.3) is 10.9 Å². The summed E-state index contributed by atoms with van der Waals surface area (Å²) in [5.74, 6) is -2.64. The maximum Gasteiger partial charge on any atom is 0.242 e. The molecule has 0 saturated carbocycles. The number of likely N-dealkylation sites (tertiary alicyclic amines) is 1. The number of aromatic nitrogens is 1. The lowest BCUT2D eigenvalue weighted by Crippen LogP contribution is -2.52. The lowest BCUT2D eigenvalue weighted by Gasteiger charge is -2.41. The number of nitrogens with one attached hydrogen (secondary N) is 1. The summed E-state index contributed by atoms with van der Waals surface area (Å²) in [5, 5.41) is 1.04. The minimum absolute atomic E-state index is 0.176. The van der Waals surface area contributed by atoms with Crippen molar-refractivity contribution in [1.82, 2.24) is 14.8 Å². The smallest absolute Gasteiger partial charge is 0.242 e. The van der Waals surface area contributed by atoms with Crippen molar-refractivity contribution in [1.29, 1.82) is 0 Å². The van der Waals surface area contributed by atoms with Crippen molar-refractivity contribution in [3.63, 3.8) is 0 Å². The van der Waals surface area contributed by atoms with Crippen molar-refractivity contribution >= 4 is 34.4 Å². The summed E-state index contributed by atoms with van der Waals surface area (Å²) in [6.07, 6.45) is 1.81. The normalized spacial score (nSPS) is 25.3. The minimum Gasteiger partial charge on any atom is -0.356 e. The van der Waals surface area contributed by atoms with E-state index in [1.165, 1.54) is 14.0 Å². The van der Waals surface area contributed by atoms with E-state index in [1.807, 2.05) is 31.2 Å². The molecular weight excluding hydrogens is 382 g/mol. The third-order valence-electron chi connectivity index (χ3n) is 6.68. The van der Waals surface area contributed by atoms with Crippen LogP contribution in [0.15, 0.2) is 24.3 Å². The van der Waals surface area contributed by atoms with Gasteiger partial charge in [0.15, 0.2) is 5.78 Å². The molecule has 2 aliphatic rings. The van der Waals surface area contributed by atoms with Crippen LogP contribution in [0.1, 0.15) is 50.4 Å². The van der Waals surface area contributed by atoms with Crippen molar-refractivity contribution in [2.75, 3.05) is 13.6 Å². The Hall–Kier alpha value is -2.96. The number of rotatable bonds is 2. The lowest BCUT2D eigenvalue weighted by molar-refractivity contribution is -0.154. The second-order valence-electron chi connectivity index (χ2n) is 8.28. The zero-order valence-electron chi connectivity index (χ0n) is 17.6. The van der Waals surface area contributed by atoms with Crippen molar-refractivity contribution in [3.8, 4) is 0 Å². The van der Waals surface area contributed by atoms with Crippen molar-refractivity contribution in [2.24, 2.45) is 11.8 Å². The molecule has 1 saturated heterocycles. The number of Topliss-reactive ketones (excluding diaryl/α,β-unsaturated/α-hetero) is 1. The highest BCUT2D eigenvalue weighted by Crippen LogP contribution is 2.41. The summed E-state index contributed by atoms with van der Waals surface area (Å²) in [6, 6.07) is 7.11. The third kappa shape index (κ3) is 3.13. The summed E-state index contributed by atoms with van der Waals surface area (Å²) in [7, 11) is 1.43. The molecular formula is C23H27N3O4. The monoisotopic (exact) mass is 409 g/mol. The van der Waals surface area contributed by atoms with Gasteiger partial charge in [0.05, 0.1) is 6.04 Å². The molecule has 3 atom stereocenters. The van der Waals surface area contributed by atoms with Crippen LogP contribution < -0.4 is 0 Å². The van der Waals surface area contributed by atoms with E-state index in [-0.39, 0.29) is 29.9 Å². The number of ketones is 1. The molecule has 7 nitrogen and oxygen atoms in total. The van der Waals surface area contributed by atoms with Gasteiger partial charge in [-0.2, -0.15) is 0 Å². The highest BCUT2D eigenvalue weighted by atomic mass is 16.2. The highest BCUT2D eigenvalue weighted by molar-refractivity contribution is 6.09. The molecule has 1 aromatic carbocycles. The number of carbonyl (C=O) groups excluding carboxylic acids is 4. The Bertz CT molecular complexity index is 1040. The van der Waals surface area contributed by atoms with Gasteiger partial charge in [-0.15, -0.1) is 0 Å². The van der Waals surface area contributed by atoms with Gasteiger partial charge in [-0.25, -0.2) is 0 Å². The number of nitrogens with zero attached hydrogens (tertiary/aromatic N) is 2. The van der Waals surface area contributed by atoms with Crippen LogP contribution in [0, 0.1) is 11.8 Å². The van der Waals surface area contributed by atoms with Gasteiger partial charge in [0.2, 0.25) is 17.7 Å². The van der Waals surface area contributed by atoms with E-state index in [4.69, 9.17) is 0 Å². The van der Waals surface area contributed by atoms with Crippen LogP contribution in [0.2, 0.25) is 0 Å². The molecule has 0 radical (unpaired) electrons. The number of imide groups is 1. The van der Waals surface area contributed by atoms with Gasteiger partial charge in [0.25, 0.3) is 0 Å². The molecule has 1 fully saturated rings. The maximum atomic E-state index is 13.6. The van der Waals surface area contributed by atoms with Gasteiger partial charge in [0.1, 0.15) is 5.92 Å². The molecule has 2 aromatic rings. The molecule has 3 heterocycles. The van der Waals surface area contributed by atoms with Crippen molar-refractivity contribution < 1.29 is 19.2 Å².